The van der Waals surface area contributed by atoms with Gasteiger partial charge in [0.05, 0.1) is 12.1 Å². The summed E-state index contributed by atoms with van der Waals surface area (Å²) in [6.45, 7) is 6.68. The normalized spacial score (nSPS) is 25.7. The van der Waals surface area contributed by atoms with Crippen LogP contribution in [0.2, 0.25) is 0 Å². The quantitative estimate of drug-likeness (QED) is 0.923. The molecule has 4 nitrogen and oxygen atoms in total. The second kappa shape index (κ2) is 5.68. The van der Waals surface area contributed by atoms with E-state index >= 15 is 0 Å². The molecule has 1 aromatic rings. The lowest BCUT2D eigenvalue weighted by Gasteiger charge is -2.49. The minimum atomic E-state index is -0.0294. The molecule has 0 radical (unpaired) electrons. The minimum absolute atomic E-state index is 0.00746. The minimum Gasteiger partial charge on any atom is -0.379 e. The third-order valence-corrected chi connectivity index (χ3v) is 5.02. The molecular weight excluding hydrogens is 264 g/mol. The van der Waals surface area contributed by atoms with Crippen molar-refractivity contribution < 1.29 is 9.53 Å². The third kappa shape index (κ3) is 2.64. The molecule has 2 fully saturated rings. The van der Waals surface area contributed by atoms with Gasteiger partial charge in [0.15, 0.2) is 0 Å². The summed E-state index contributed by atoms with van der Waals surface area (Å²) in [5, 5.41) is 3.05. The average Bonchev–Trinajstić information content (AvgIpc) is 2.97. The van der Waals surface area contributed by atoms with Gasteiger partial charge in [-0.3, -0.25) is 0 Å². The van der Waals surface area contributed by atoms with Crippen LogP contribution in [0.1, 0.15) is 44.6 Å². The van der Waals surface area contributed by atoms with E-state index in [1.54, 1.807) is 0 Å². The smallest absolute Gasteiger partial charge is 0.322 e. The van der Waals surface area contributed by atoms with Crippen molar-refractivity contribution in [2.24, 2.45) is 0 Å². The van der Waals surface area contributed by atoms with Crippen LogP contribution < -0.4 is 5.32 Å². The highest BCUT2D eigenvalue weighted by atomic mass is 16.5. The van der Waals surface area contributed by atoms with Crippen LogP contribution in [0.25, 0.3) is 0 Å². The molecule has 2 aliphatic heterocycles. The van der Waals surface area contributed by atoms with Crippen molar-refractivity contribution >= 4 is 11.7 Å². The Balaban J connectivity index is 1.68. The van der Waals surface area contributed by atoms with Crippen molar-refractivity contribution in [1.29, 1.82) is 0 Å². The highest BCUT2D eigenvalue weighted by molar-refractivity contribution is 5.90. The zero-order valence-corrected chi connectivity index (χ0v) is 12.9. The van der Waals surface area contributed by atoms with Gasteiger partial charge >= 0.3 is 6.03 Å². The van der Waals surface area contributed by atoms with E-state index in [9.17, 15) is 4.79 Å². The van der Waals surface area contributed by atoms with Crippen molar-refractivity contribution in [3.8, 4) is 0 Å². The SMILES string of the molecule is CCC(C)c1cccc(NC(=O)N2CCC23CCOC3)c1. The number of hydrogen-bond donors (Lipinski definition) is 1. The summed E-state index contributed by atoms with van der Waals surface area (Å²) < 4.78 is 5.48. The topological polar surface area (TPSA) is 41.6 Å². The summed E-state index contributed by atoms with van der Waals surface area (Å²) in [5.74, 6) is 0.514. The van der Waals surface area contributed by atoms with E-state index in [1.165, 1.54) is 5.56 Å². The Morgan fingerprint density at radius 2 is 2.33 bits per heavy atom. The number of hydrogen-bond acceptors (Lipinski definition) is 2. The fourth-order valence-corrected chi connectivity index (χ4v) is 3.21. The number of urea groups is 1. The first-order chi connectivity index (χ1) is 10.1. The highest BCUT2D eigenvalue weighted by Gasteiger charge is 2.49. The predicted octanol–water partition coefficient (Wildman–Crippen LogP) is 3.60. The van der Waals surface area contributed by atoms with Crippen molar-refractivity contribution in [3.63, 3.8) is 0 Å². The highest BCUT2D eigenvalue weighted by Crippen LogP contribution is 2.38. The molecule has 2 atom stereocenters. The van der Waals surface area contributed by atoms with Crippen LogP contribution >= 0.6 is 0 Å². The maximum absolute atomic E-state index is 12.5. The van der Waals surface area contributed by atoms with E-state index in [0.29, 0.717) is 12.5 Å². The summed E-state index contributed by atoms with van der Waals surface area (Å²) in [5.41, 5.74) is 2.13. The van der Waals surface area contributed by atoms with Gasteiger partial charge in [0, 0.05) is 18.8 Å². The Morgan fingerprint density at radius 1 is 1.48 bits per heavy atom. The summed E-state index contributed by atoms with van der Waals surface area (Å²) in [6.07, 6.45) is 3.13. The Hall–Kier alpha value is -1.55. The Labute approximate surface area is 126 Å². The van der Waals surface area contributed by atoms with Crippen LogP contribution in [0, 0.1) is 0 Å². The number of amides is 2. The summed E-state index contributed by atoms with van der Waals surface area (Å²) in [6, 6.07) is 8.19. The van der Waals surface area contributed by atoms with Crippen molar-refractivity contribution in [2.75, 3.05) is 25.1 Å². The summed E-state index contributed by atoms with van der Waals surface area (Å²) in [4.78, 5) is 14.4. The molecular formula is C17H24N2O2. The Bertz CT molecular complexity index is 523. The largest absolute Gasteiger partial charge is 0.379 e. The van der Waals surface area contributed by atoms with Crippen LogP contribution in [0.3, 0.4) is 0 Å². The van der Waals surface area contributed by atoms with Gasteiger partial charge in [-0.15, -0.1) is 0 Å². The molecule has 2 unspecified atom stereocenters. The fraction of sp³-hybridized carbons (Fsp3) is 0.588. The number of carbonyl (C=O) groups is 1. The summed E-state index contributed by atoms with van der Waals surface area (Å²) >= 11 is 0. The average molecular weight is 288 g/mol. The van der Waals surface area contributed by atoms with Gasteiger partial charge in [-0.05, 0) is 42.9 Å². The lowest BCUT2D eigenvalue weighted by molar-refractivity contribution is 0.0197. The third-order valence-electron chi connectivity index (χ3n) is 5.02. The number of rotatable bonds is 3. The number of nitrogens with zero attached hydrogens (tertiary/aromatic N) is 1. The van der Waals surface area contributed by atoms with Gasteiger partial charge in [0.2, 0.25) is 0 Å². The molecule has 2 aliphatic rings. The molecule has 0 aromatic heterocycles. The number of benzene rings is 1. The van der Waals surface area contributed by atoms with Gasteiger partial charge in [-0.25, -0.2) is 4.79 Å². The van der Waals surface area contributed by atoms with E-state index in [1.807, 2.05) is 17.0 Å². The first kappa shape index (κ1) is 14.4. The maximum Gasteiger partial charge on any atom is 0.322 e. The molecule has 2 heterocycles. The number of anilines is 1. The number of nitrogens with one attached hydrogen (secondary N) is 1. The van der Waals surface area contributed by atoms with E-state index in [-0.39, 0.29) is 11.6 Å². The standard InChI is InChI=1S/C17H24N2O2/c1-3-13(2)14-5-4-6-15(11-14)18-16(20)19-9-7-17(19)8-10-21-12-17/h4-6,11,13H,3,7-10,12H2,1-2H3,(H,18,20). The Morgan fingerprint density at radius 3 is 2.95 bits per heavy atom. The van der Waals surface area contributed by atoms with Crippen LogP contribution in [0.5, 0.6) is 0 Å². The van der Waals surface area contributed by atoms with Crippen molar-refractivity contribution in [1.82, 2.24) is 4.90 Å². The molecule has 0 aliphatic carbocycles. The van der Waals surface area contributed by atoms with Gasteiger partial charge < -0.3 is 15.0 Å². The van der Waals surface area contributed by atoms with E-state index in [2.05, 4.69) is 31.3 Å². The van der Waals surface area contributed by atoms with Gasteiger partial charge in [0.1, 0.15) is 0 Å². The molecule has 1 N–H and O–H groups in total. The Kier molecular flexibility index (Phi) is 3.89. The molecule has 1 aromatic carbocycles. The molecule has 0 bridgehead atoms. The zero-order valence-electron chi connectivity index (χ0n) is 12.9. The van der Waals surface area contributed by atoms with E-state index < -0.39 is 0 Å². The molecule has 0 saturated carbocycles. The van der Waals surface area contributed by atoms with Crippen LogP contribution in [-0.4, -0.2) is 36.2 Å². The van der Waals surface area contributed by atoms with Crippen molar-refractivity contribution in [2.45, 2.75) is 44.6 Å². The first-order valence-electron chi connectivity index (χ1n) is 7.91. The van der Waals surface area contributed by atoms with Gasteiger partial charge in [0.25, 0.3) is 0 Å². The van der Waals surface area contributed by atoms with E-state index in [0.717, 1.165) is 38.1 Å². The van der Waals surface area contributed by atoms with Crippen LogP contribution in [-0.2, 0) is 4.74 Å². The maximum atomic E-state index is 12.5. The molecule has 4 heteroatoms. The fourth-order valence-electron chi connectivity index (χ4n) is 3.21. The number of carbonyl (C=O) groups excluding carboxylic acids is 1. The van der Waals surface area contributed by atoms with Crippen molar-refractivity contribution in [3.05, 3.63) is 29.8 Å². The molecule has 21 heavy (non-hydrogen) atoms. The second-order valence-corrected chi connectivity index (χ2v) is 6.29. The lowest BCUT2D eigenvalue weighted by Crippen LogP contribution is -2.63. The molecule has 2 saturated heterocycles. The molecule has 3 rings (SSSR count). The molecule has 2 amide bonds. The van der Waals surface area contributed by atoms with Gasteiger partial charge in [-0.2, -0.15) is 0 Å². The van der Waals surface area contributed by atoms with E-state index in [4.69, 9.17) is 4.74 Å². The second-order valence-electron chi connectivity index (χ2n) is 6.29. The zero-order chi connectivity index (χ0) is 14.9. The molecule has 114 valence electrons. The lowest BCUT2D eigenvalue weighted by atomic mass is 9.84. The summed E-state index contributed by atoms with van der Waals surface area (Å²) in [7, 11) is 0. The monoisotopic (exact) mass is 288 g/mol. The van der Waals surface area contributed by atoms with Crippen LogP contribution in [0.15, 0.2) is 24.3 Å². The molecule has 1 spiro atoms. The number of likely N-dealkylation sites (tertiary alicyclic amines) is 1. The van der Waals surface area contributed by atoms with Gasteiger partial charge in [-0.1, -0.05) is 26.0 Å². The first-order valence-corrected chi connectivity index (χ1v) is 7.91. The van der Waals surface area contributed by atoms with Crippen LogP contribution in [0.4, 0.5) is 10.5 Å². The predicted molar refractivity (Wildman–Crippen MR) is 83.7 cm³/mol. The number of ether oxygens (including phenoxy) is 1.